The summed E-state index contributed by atoms with van der Waals surface area (Å²) in [6, 6.07) is 0. The largest absolute Gasteiger partial charge is 0.326 e. The Morgan fingerprint density at radius 1 is 1.40 bits per heavy atom. The van der Waals surface area contributed by atoms with Gasteiger partial charge in [0, 0.05) is 5.70 Å². The quantitative estimate of drug-likeness (QED) is 0.604. The van der Waals surface area contributed by atoms with Gasteiger partial charge in [-0.1, -0.05) is 19.2 Å². The van der Waals surface area contributed by atoms with E-state index in [9.17, 15) is 4.79 Å². The van der Waals surface area contributed by atoms with Gasteiger partial charge in [0.25, 0.3) is 0 Å². The summed E-state index contributed by atoms with van der Waals surface area (Å²) >= 11 is 0. The molecular weight excluding hydrogens is 126 g/mol. The smallest absolute Gasteiger partial charge is 0.228 e. The fourth-order valence-corrected chi connectivity index (χ4v) is 0.907. The lowest BCUT2D eigenvalue weighted by molar-refractivity contribution is -0.118. The van der Waals surface area contributed by atoms with Crippen LogP contribution < -0.4 is 5.32 Å². The molecule has 0 unspecified atom stereocenters. The first-order chi connectivity index (χ1) is 4.77. The lowest BCUT2D eigenvalue weighted by Crippen LogP contribution is -2.13. The molecule has 0 aromatic heterocycles. The van der Waals surface area contributed by atoms with Crippen LogP contribution in [0, 0.1) is 0 Å². The van der Waals surface area contributed by atoms with Gasteiger partial charge in [-0.05, 0) is 11.6 Å². The van der Waals surface area contributed by atoms with Crippen LogP contribution in [0.1, 0.15) is 6.42 Å². The first-order valence-corrected chi connectivity index (χ1v) is 3.06. The molecule has 52 valence electrons. The molecule has 0 bridgehead atoms. The number of rotatable bonds is 2. The average molecular weight is 135 g/mol. The van der Waals surface area contributed by atoms with Crippen LogP contribution in [-0.4, -0.2) is 5.91 Å². The highest BCUT2D eigenvalue weighted by atomic mass is 16.1. The highest BCUT2D eigenvalue weighted by Crippen LogP contribution is 2.15. The third-order valence-corrected chi connectivity index (χ3v) is 1.42. The van der Waals surface area contributed by atoms with Crippen molar-refractivity contribution in [2.75, 3.05) is 0 Å². The van der Waals surface area contributed by atoms with Crippen molar-refractivity contribution in [3.05, 3.63) is 36.6 Å². The van der Waals surface area contributed by atoms with E-state index in [-0.39, 0.29) is 5.91 Å². The molecule has 0 fully saturated rings. The van der Waals surface area contributed by atoms with E-state index in [0.29, 0.717) is 6.42 Å². The summed E-state index contributed by atoms with van der Waals surface area (Å²) < 4.78 is 0. The minimum Gasteiger partial charge on any atom is -0.326 e. The Morgan fingerprint density at radius 3 is 2.50 bits per heavy atom. The van der Waals surface area contributed by atoms with Gasteiger partial charge in [0.15, 0.2) is 0 Å². The summed E-state index contributed by atoms with van der Waals surface area (Å²) in [7, 11) is 0. The van der Waals surface area contributed by atoms with Crippen molar-refractivity contribution in [3.8, 4) is 0 Å². The summed E-state index contributed by atoms with van der Waals surface area (Å²) in [6.07, 6.45) is 3.74. The molecule has 0 saturated heterocycles. The highest BCUT2D eigenvalue weighted by Gasteiger charge is 2.15. The van der Waals surface area contributed by atoms with Gasteiger partial charge in [-0.3, -0.25) is 4.79 Å². The Kier molecular flexibility index (Phi) is 1.71. The van der Waals surface area contributed by atoms with E-state index in [0.717, 1.165) is 11.3 Å². The van der Waals surface area contributed by atoms with Crippen LogP contribution in [0.25, 0.3) is 0 Å². The normalized spacial score (nSPS) is 17.0. The Balaban J connectivity index is 2.90. The number of amides is 1. The topological polar surface area (TPSA) is 29.1 Å². The van der Waals surface area contributed by atoms with Gasteiger partial charge in [-0.25, -0.2) is 0 Å². The molecule has 0 atom stereocenters. The maximum atomic E-state index is 10.7. The zero-order chi connectivity index (χ0) is 7.56. The van der Waals surface area contributed by atoms with Crippen molar-refractivity contribution in [1.82, 2.24) is 5.32 Å². The second-order valence-electron chi connectivity index (χ2n) is 2.07. The zero-order valence-electron chi connectivity index (χ0n) is 5.68. The summed E-state index contributed by atoms with van der Waals surface area (Å²) in [5.41, 5.74) is 1.72. The van der Waals surface area contributed by atoms with Gasteiger partial charge >= 0.3 is 0 Å². The van der Waals surface area contributed by atoms with Gasteiger partial charge in [-0.2, -0.15) is 0 Å². The standard InChI is InChI=1S/C8H9NO/c1-3-6-5-8(10)9-7(6)4-2/h3-4H,1-2,5H2,(H,9,10). The van der Waals surface area contributed by atoms with Gasteiger partial charge in [0.1, 0.15) is 0 Å². The Bertz CT molecular complexity index is 203. The predicted octanol–water partition coefficient (Wildman–Crippen LogP) is 1.13. The monoisotopic (exact) mass is 135 g/mol. The molecule has 2 nitrogen and oxygen atoms in total. The Labute approximate surface area is 59.9 Å². The van der Waals surface area contributed by atoms with E-state index >= 15 is 0 Å². The molecule has 0 aliphatic carbocycles. The molecule has 0 aromatic carbocycles. The summed E-state index contributed by atoms with van der Waals surface area (Å²) in [4.78, 5) is 10.7. The number of nitrogens with one attached hydrogen (secondary N) is 1. The van der Waals surface area contributed by atoms with E-state index in [1.165, 1.54) is 0 Å². The van der Waals surface area contributed by atoms with Crippen molar-refractivity contribution in [2.45, 2.75) is 6.42 Å². The molecule has 0 saturated carbocycles. The van der Waals surface area contributed by atoms with Crippen LogP contribution in [0.5, 0.6) is 0 Å². The van der Waals surface area contributed by atoms with Crippen LogP contribution in [-0.2, 0) is 4.79 Å². The lowest BCUT2D eigenvalue weighted by atomic mass is 10.2. The molecule has 1 amide bonds. The van der Waals surface area contributed by atoms with Gasteiger partial charge in [0.2, 0.25) is 5.91 Å². The fourth-order valence-electron chi connectivity index (χ4n) is 0.907. The average Bonchev–Trinajstić information content (AvgIpc) is 2.30. The molecule has 0 aromatic rings. The van der Waals surface area contributed by atoms with Gasteiger partial charge in [-0.15, -0.1) is 0 Å². The number of allylic oxidation sites excluding steroid dienone is 2. The van der Waals surface area contributed by atoms with Crippen molar-refractivity contribution < 1.29 is 4.79 Å². The van der Waals surface area contributed by atoms with Gasteiger partial charge < -0.3 is 5.32 Å². The van der Waals surface area contributed by atoms with Crippen molar-refractivity contribution >= 4 is 5.91 Å². The molecular formula is C8H9NO. The van der Waals surface area contributed by atoms with E-state index in [1.807, 2.05) is 0 Å². The molecule has 10 heavy (non-hydrogen) atoms. The van der Waals surface area contributed by atoms with Gasteiger partial charge in [0.05, 0.1) is 6.42 Å². The third-order valence-electron chi connectivity index (χ3n) is 1.42. The van der Waals surface area contributed by atoms with Crippen LogP contribution in [0.4, 0.5) is 0 Å². The van der Waals surface area contributed by atoms with Crippen molar-refractivity contribution in [1.29, 1.82) is 0 Å². The molecule has 0 spiro atoms. The van der Waals surface area contributed by atoms with E-state index in [4.69, 9.17) is 0 Å². The lowest BCUT2D eigenvalue weighted by Gasteiger charge is -1.92. The Morgan fingerprint density at radius 2 is 2.10 bits per heavy atom. The molecule has 2 heteroatoms. The number of carbonyl (C=O) groups is 1. The predicted molar refractivity (Wildman–Crippen MR) is 40.2 cm³/mol. The zero-order valence-corrected chi connectivity index (χ0v) is 5.68. The molecule has 1 heterocycles. The molecule has 0 radical (unpaired) electrons. The van der Waals surface area contributed by atoms with Crippen molar-refractivity contribution in [3.63, 3.8) is 0 Å². The molecule has 1 aliphatic rings. The number of hydrogen-bond donors (Lipinski definition) is 1. The third kappa shape index (κ3) is 1.00. The van der Waals surface area contributed by atoms with Crippen molar-refractivity contribution in [2.24, 2.45) is 0 Å². The second kappa shape index (κ2) is 2.52. The van der Waals surface area contributed by atoms with Crippen LogP contribution >= 0.6 is 0 Å². The maximum Gasteiger partial charge on any atom is 0.228 e. The summed E-state index contributed by atoms with van der Waals surface area (Å²) in [5.74, 6) is 0.0183. The van der Waals surface area contributed by atoms with E-state index < -0.39 is 0 Å². The second-order valence-corrected chi connectivity index (χ2v) is 2.07. The SMILES string of the molecule is C=CC1=C(C=C)NC(=O)C1. The summed E-state index contributed by atoms with van der Waals surface area (Å²) in [5, 5.41) is 2.66. The number of hydrogen-bond acceptors (Lipinski definition) is 1. The van der Waals surface area contributed by atoms with Crippen LogP contribution in [0.15, 0.2) is 36.6 Å². The summed E-state index contributed by atoms with van der Waals surface area (Å²) in [6.45, 7) is 7.13. The fraction of sp³-hybridized carbons (Fsp3) is 0.125. The Hall–Kier alpha value is -1.31. The van der Waals surface area contributed by atoms with E-state index in [2.05, 4.69) is 18.5 Å². The van der Waals surface area contributed by atoms with Crippen LogP contribution in [0.3, 0.4) is 0 Å². The minimum absolute atomic E-state index is 0.0183. The van der Waals surface area contributed by atoms with Crippen LogP contribution in [0.2, 0.25) is 0 Å². The molecule has 1 N–H and O–H groups in total. The highest BCUT2D eigenvalue weighted by molar-refractivity contribution is 5.85. The maximum absolute atomic E-state index is 10.7. The molecule has 1 aliphatic heterocycles. The minimum atomic E-state index is 0.0183. The first kappa shape index (κ1) is 6.81. The number of carbonyl (C=O) groups excluding carboxylic acids is 1. The van der Waals surface area contributed by atoms with E-state index in [1.54, 1.807) is 12.2 Å². The molecule has 1 rings (SSSR count). The first-order valence-electron chi connectivity index (χ1n) is 3.06.